The van der Waals surface area contributed by atoms with Crippen molar-refractivity contribution in [1.29, 1.82) is 0 Å². The molecule has 0 aliphatic carbocycles. The maximum absolute atomic E-state index is 9.95. The summed E-state index contributed by atoms with van der Waals surface area (Å²) in [4.78, 5) is 3.97. The van der Waals surface area contributed by atoms with Gasteiger partial charge in [0.15, 0.2) is 0 Å². The zero-order chi connectivity index (χ0) is 11.9. The van der Waals surface area contributed by atoms with Crippen LogP contribution in [0.1, 0.15) is 17.2 Å². The number of quaternary nitrogens is 1. The Labute approximate surface area is 101 Å². The summed E-state index contributed by atoms with van der Waals surface area (Å²) in [5, 5.41) is 12.1. The molecule has 3 heteroatoms. The molecule has 88 valence electrons. The SMILES string of the molecule is O[C@@H](C[NH2+]Cc1ccncc1)c1ccccc1. The third kappa shape index (κ3) is 3.66. The molecule has 0 aliphatic rings. The van der Waals surface area contributed by atoms with Crippen molar-refractivity contribution in [2.75, 3.05) is 6.54 Å². The van der Waals surface area contributed by atoms with Gasteiger partial charge in [0.2, 0.25) is 0 Å². The number of aliphatic hydroxyl groups excluding tert-OH is 1. The van der Waals surface area contributed by atoms with Crippen molar-refractivity contribution in [3.63, 3.8) is 0 Å². The van der Waals surface area contributed by atoms with E-state index in [-0.39, 0.29) is 0 Å². The van der Waals surface area contributed by atoms with Crippen LogP contribution in [0, 0.1) is 0 Å². The molecule has 2 aromatic rings. The molecule has 1 atom stereocenters. The van der Waals surface area contributed by atoms with Gasteiger partial charge in [-0.3, -0.25) is 4.98 Å². The van der Waals surface area contributed by atoms with E-state index in [2.05, 4.69) is 10.3 Å². The van der Waals surface area contributed by atoms with Crippen molar-refractivity contribution >= 4 is 0 Å². The van der Waals surface area contributed by atoms with Gasteiger partial charge in [0.05, 0.1) is 0 Å². The molecule has 0 saturated heterocycles. The molecule has 0 spiro atoms. The van der Waals surface area contributed by atoms with Crippen molar-refractivity contribution in [3.05, 3.63) is 66.0 Å². The smallest absolute Gasteiger partial charge is 0.128 e. The molecule has 0 unspecified atom stereocenters. The number of hydrogen-bond donors (Lipinski definition) is 2. The van der Waals surface area contributed by atoms with Crippen LogP contribution in [0.5, 0.6) is 0 Å². The van der Waals surface area contributed by atoms with E-state index in [9.17, 15) is 5.11 Å². The molecule has 0 amide bonds. The maximum atomic E-state index is 9.95. The van der Waals surface area contributed by atoms with Crippen molar-refractivity contribution in [2.45, 2.75) is 12.6 Å². The third-order valence-corrected chi connectivity index (χ3v) is 2.70. The minimum atomic E-state index is -0.405. The molecule has 0 bridgehead atoms. The van der Waals surface area contributed by atoms with Crippen molar-refractivity contribution in [2.24, 2.45) is 0 Å². The van der Waals surface area contributed by atoms with E-state index in [1.807, 2.05) is 42.5 Å². The molecule has 0 aliphatic heterocycles. The Morgan fingerprint density at radius 1 is 1.06 bits per heavy atom. The summed E-state index contributed by atoms with van der Waals surface area (Å²) in [5.41, 5.74) is 2.19. The normalized spacial score (nSPS) is 12.3. The monoisotopic (exact) mass is 229 g/mol. The van der Waals surface area contributed by atoms with Gasteiger partial charge in [-0.25, -0.2) is 0 Å². The minimum absolute atomic E-state index is 0.405. The molecule has 0 saturated carbocycles. The first-order chi connectivity index (χ1) is 8.36. The minimum Gasteiger partial charge on any atom is -0.382 e. The van der Waals surface area contributed by atoms with E-state index < -0.39 is 6.10 Å². The number of benzene rings is 1. The number of nitrogens with zero attached hydrogens (tertiary/aromatic N) is 1. The van der Waals surface area contributed by atoms with Crippen LogP contribution < -0.4 is 5.32 Å². The highest BCUT2D eigenvalue weighted by molar-refractivity contribution is 5.17. The lowest BCUT2D eigenvalue weighted by molar-refractivity contribution is -0.677. The van der Waals surface area contributed by atoms with Crippen LogP contribution in [0.25, 0.3) is 0 Å². The topological polar surface area (TPSA) is 49.7 Å². The fraction of sp³-hybridized carbons (Fsp3) is 0.214. The summed E-state index contributed by atoms with van der Waals surface area (Å²) in [6.45, 7) is 1.54. The Kier molecular flexibility index (Phi) is 4.24. The first-order valence-electron chi connectivity index (χ1n) is 5.80. The van der Waals surface area contributed by atoms with Crippen molar-refractivity contribution in [3.8, 4) is 0 Å². The Hall–Kier alpha value is -1.71. The average Bonchev–Trinajstić information content (AvgIpc) is 2.41. The van der Waals surface area contributed by atoms with E-state index in [1.54, 1.807) is 12.4 Å². The highest BCUT2D eigenvalue weighted by Gasteiger charge is 2.08. The quantitative estimate of drug-likeness (QED) is 0.799. The zero-order valence-electron chi connectivity index (χ0n) is 9.66. The fourth-order valence-corrected chi connectivity index (χ4v) is 1.74. The van der Waals surface area contributed by atoms with Crippen LogP contribution in [0.3, 0.4) is 0 Å². The van der Waals surface area contributed by atoms with Crippen LogP contribution in [-0.4, -0.2) is 16.6 Å². The van der Waals surface area contributed by atoms with Crippen molar-refractivity contribution in [1.82, 2.24) is 4.98 Å². The van der Waals surface area contributed by atoms with Crippen LogP contribution in [-0.2, 0) is 6.54 Å². The van der Waals surface area contributed by atoms with Gasteiger partial charge in [0, 0.05) is 18.0 Å². The number of rotatable bonds is 5. The summed E-state index contributed by atoms with van der Waals surface area (Å²) in [6.07, 6.45) is 3.17. The second-order valence-electron chi connectivity index (χ2n) is 4.01. The highest BCUT2D eigenvalue weighted by atomic mass is 16.3. The van der Waals surface area contributed by atoms with Gasteiger partial charge in [-0.15, -0.1) is 0 Å². The Balaban J connectivity index is 1.79. The Bertz CT molecular complexity index is 430. The summed E-state index contributed by atoms with van der Waals surface area (Å²) in [6, 6.07) is 13.7. The molecular formula is C14H17N2O+. The van der Waals surface area contributed by atoms with Crippen LogP contribution in [0.15, 0.2) is 54.9 Å². The molecule has 3 N–H and O–H groups in total. The maximum Gasteiger partial charge on any atom is 0.128 e. The van der Waals surface area contributed by atoms with Crippen LogP contribution in [0.2, 0.25) is 0 Å². The molecule has 3 nitrogen and oxygen atoms in total. The lowest BCUT2D eigenvalue weighted by atomic mass is 10.1. The third-order valence-electron chi connectivity index (χ3n) is 2.70. The zero-order valence-corrected chi connectivity index (χ0v) is 9.66. The summed E-state index contributed by atoms with van der Waals surface area (Å²) in [5.74, 6) is 0. The van der Waals surface area contributed by atoms with E-state index in [0.717, 1.165) is 12.1 Å². The largest absolute Gasteiger partial charge is 0.382 e. The molecular weight excluding hydrogens is 212 g/mol. The standard InChI is InChI=1S/C14H16N2O/c17-14(13-4-2-1-3-5-13)11-16-10-12-6-8-15-9-7-12/h1-9,14,16-17H,10-11H2/p+1/t14-/m0/s1. The number of pyridine rings is 1. The Morgan fingerprint density at radius 3 is 2.47 bits per heavy atom. The van der Waals surface area contributed by atoms with Gasteiger partial charge in [0.25, 0.3) is 0 Å². The molecule has 2 rings (SSSR count). The number of hydrogen-bond acceptors (Lipinski definition) is 2. The molecule has 1 aromatic carbocycles. The van der Waals surface area contributed by atoms with Gasteiger partial charge < -0.3 is 10.4 Å². The lowest BCUT2D eigenvalue weighted by Crippen LogP contribution is -2.83. The van der Waals surface area contributed by atoms with E-state index in [0.29, 0.717) is 6.54 Å². The van der Waals surface area contributed by atoms with Gasteiger partial charge >= 0.3 is 0 Å². The second kappa shape index (κ2) is 6.13. The average molecular weight is 229 g/mol. The van der Waals surface area contributed by atoms with E-state index in [1.165, 1.54) is 5.56 Å². The predicted molar refractivity (Wildman–Crippen MR) is 66.1 cm³/mol. The molecule has 0 radical (unpaired) electrons. The summed E-state index contributed by atoms with van der Waals surface area (Å²) in [7, 11) is 0. The number of aromatic nitrogens is 1. The van der Waals surface area contributed by atoms with E-state index in [4.69, 9.17) is 0 Å². The first-order valence-corrected chi connectivity index (χ1v) is 5.80. The second-order valence-corrected chi connectivity index (χ2v) is 4.01. The summed E-state index contributed by atoms with van der Waals surface area (Å²) < 4.78 is 0. The van der Waals surface area contributed by atoms with Gasteiger partial charge in [-0.1, -0.05) is 30.3 Å². The highest BCUT2D eigenvalue weighted by Crippen LogP contribution is 2.09. The lowest BCUT2D eigenvalue weighted by Gasteiger charge is -2.09. The molecule has 0 fully saturated rings. The molecule has 1 aromatic heterocycles. The predicted octanol–water partition coefficient (Wildman–Crippen LogP) is 0.879. The summed E-state index contributed by atoms with van der Waals surface area (Å²) >= 11 is 0. The molecule has 1 heterocycles. The van der Waals surface area contributed by atoms with Gasteiger partial charge in [0.1, 0.15) is 19.2 Å². The Morgan fingerprint density at radius 2 is 1.76 bits per heavy atom. The van der Waals surface area contributed by atoms with Crippen LogP contribution in [0.4, 0.5) is 0 Å². The fourth-order valence-electron chi connectivity index (χ4n) is 1.74. The van der Waals surface area contributed by atoms with E-state index >= 15 is 0 Å². The van der Waals surface area contributed by atoms with Crippen molar-refractivity contribution < 1.29 is 10.4 Å². The van der Waals surface area contributed by atoms with Crippen LogP contribution >= 0.6 is 0 Å². The van der Waals surface area contributed by atoms with Gasteiger partial charge in [-0.05, 0) is 17.7 Å². The first kappa shape index (κ1) is 11.8. The number of aliphatic hydroxyl groups is 1. The molecule has 17 heavy (non-hydrogen) atoms. The number of nitrogens with two attached hydrogens (primary N) is 1. The van der Waals surface area contributed by atoms with Gasteiger partial charge in [-0.2, -0.15) is 0 Å².